The van der Waals surface area contributed by atoms with E-state index in [1.807, 2.05) is 18.2 Å². The molecule has 0 unspecified atom stereocenters. The predicted molar refractivity (Wildman–Crippen MR) is 128 cm³/mol. The molecule has 1 aliphatic carbocycles. The molecule has 1 fully saturated rings. The van der Waals surface area contributed by atoms with E-state index in [1.165, 1.54) is 61.3 Å². The molecule has 0 aliphatic heterocycles. The molecule has 2 nitrogen and oxygen atoms in total. The van der Waals surface area contributed by atoms with Crippen LogP contribution >= 0.6 is 23.2 Å². The first-order chi connectivity index (χ1) is 14.7. The highest BCUT2D eigenvalue weighted by Gasteiger charge is 2.14. The Labute approximate surface area is 189 Å². The summed E-state index contributed by atoms with van der Waals surface area (Å²) in [5.74, 6) is 0.929. The standard InChI is InChI=1S/C26H29Cl2NO/c27-24-14-12-19(16-25(24)28)18-30-26-15-13-20-8-6-7-11-22(20)23(26)17-29-21-9-4-2-1-3-5-10-21/h6-8,11-16,21,29H,1-5,9-10,17-18H2. The Hall–Kier alpha value is -1.74. The zero-order valence-electron chi connectivity index (χ0n) is 17.3. The Morgan fingerprint density at radius 1 is 0.833 bits per heavy atom. The molecule has 0 atom stereocenters. The highest BCUT2D eigenvalue weighted by Crippen LogP contribution is 2.30. The van der Waals surface area contributed by atoms with Crippen LogP contribution in [-0.2, 0) is 13.2 Å². The second kappa shape index (κ2) is 10.5. The van der Waals surface area contributed by atoms with Crippen LogP contribution in [0, 0.1) is 0 Å². The molecule has 1 aliphatic rings. The predicted octanol–water partition coefficient (Wildman–Crippen LogP) is 7.93. The van der Waals surface area contributed by atoms with Gasteiger partial charge in [0, 0.05) is 18.2 Å². The highest BCUT2D eigenvalue weighted by atomic mass is 35.5. The first kappa shape index (κ1) is 21.5. The molecule has 0 heterocycles. The van der Waals surface area contributed by atoms with Gasteiger partial charge in [0.25, 0.3) is 0 Å². The Balaban J connectivity index is 1.53. The molecule has 158 valence electrons. The minimum atomic E-state index is 0.464. The van der Waals surface area contributed by atoms with Crippen molar-refractivity contribution in [2.45, 2.75) is 64.1 Å². The Bertz CT molecular complexity index is 980. The van der Waals surface area contributed by atoms with Crippen molar-refractivity contribution >= 4 is 34.0 Å². The van der Waals surface area contributed by atoms with Gasteiger partial charge in [-0.05, 0) is 47.4 Å². The smallest absolute Gasteiger partial charge is 0.124 e. The number of rotatable bonds is 6. The lowest BCUT2D eigenvalue weighted by molar-refractivity contribution is 0.301. The average molecular weight is 442 g/mol. The molecule has 4 rings (SSSR count). The van der Waals surface area contributed by atoms with Crippen molar-refractivity contribution < 1.29 is 4.74 Å². The topological polar surface area (TPSA) is 21.3 Å². The summed E-state index contributed by atoms with van der Waals surface area (Å²) in [5.41, 5.74) is 2.24. The lowest BCUT2D eigenvalue weighted by Gasteiger charge is -2.22. The molecule has 30 heavy (non-hydrogen) atoms. The first-order valence-electron chi connectivity index (χ1n) is 11.0. The van der Waals surface area contributed by atoms with E-state index in [0.717, 1.165) is 17.9 Å². The van der Waals surface area contributed by atoms with Crippen molar-refractivity contribution in [2.75, 3.05) is 0 Å². The van der Waals surface area contributed by atoms with E-state index in [9.17, 15) is 0 Å². The van der Waals surface area contributed by atoms with Gasteiger partial charge >= 0.3 is 0 Å². The van der Waals surface area contributed by atoms with Crippen LogP contribution in [0.1, 0.15) is 56.1 Å². The summed E-state index contributed by atoms with van der Waals surface area (Å²) in [6, 6.07) is 19.0. The number of hydrogen-bond acceptors (Lipinski definition) is 2. The summed E-state index contributed by atoms with van der Waals surface area (Å²) in [6.45, 7) is 1.29. The van der Waals surface area contributed by atoms with Crippen molar-refractivity contribution in [3.63, 3.8) is 0 Å². The second-order valence-corrected chi connectivity index (χ2v) is 9.04. The van der Waals surface area contributed by atoms with Gasteiger partial charge in [0.1, 0.15) is 12.4 Å². The molecule has 4 heteroatoms. The molecule has 0 aromatic heterocycles. The van der Waals surface area contributed by atoms with Crippen LogP contribution in [0.5, 0.6) is 5.75 Å². The van der Waals surface area contributed by atoms with Crippen LogP contribution in [0.15, 0.2) is 54.6 Å². The summed E-state index contributed by atoms with van der Waals surface area (Å²) in [7, 11) is 0. The minimum absolute atomic E-state index is 0.464. The SMILES string of the molecule is Clc1ccc(COc2ccc3ccccc3c2CNC2CCCCCCC2)cc1Cl. The highest BCUT2D eigenvalue weighted by molar-refractivity contribution is 6.42. The lowest BCUT2D eigenvalue weighted by Crippen LogP contribution is -2.29. The normalized spacial score (nSPS) is 15.7. The van der Waals surface area contributed by atoms with Gasteiger partial charge in [-0.2, -0.15) is 0 Å². The zero-order chi connectivity index (χ0) is 20.8. The van der Waals surface area contributed by atoms with Gasteiger partial charge in [-0.1, -0.05) is 91.7 Å². The summed E-state index contributed by atoms with van der Waals surface area (Å²) in [5, 5.41) is 7.45. The van der Waals surface area contributed by atoms with Crippen molar-refractivity contribution in [3.8, 4) is 5.75 Å². The number of nitrogens with one attached hydrogen (secondary N) is 1. The lowest BCUT2D eigenvalue weighted by atomic mass is 9.96. The number of halogens is 2. The Kier molecular flexibility index (Phi) is 7.54. The molecule has 1 saturated carbocycles. The maximum atomic E-state index is 6.27. The van der Waals surface area contributed by atoms with Crippen LogP contribution < -0.4 is 10.1 Å². The third kappa shape index (κ3) is 5.49. The van der Waals surface area contributed by atoms with Crippen LogP contribution in [0.25, 0.3) is 10.8 Å². The van der Waals surface area contributed by atoms with Crippen LogP contribution in [0.4, 0.5) is 0 Å². The fraction of sp³-hybridized carbons (Fsp3) is 0.385. The number of benzene rings is 3. The monoisotopic (exact) mass is 441 g/mol. The van der Waals surface area contributed by atoms with E-state index in [4.69, 9.17) is 27.9 Å². The summed E-state index contributed by atoms with van der Waals surface area (Å²) >= 11 is 12.2. The fourth-order valence-electron chi connectivity index (χ4n) is 4.33. The Morgan fingerprint density at radius 3 is 2.40 bits per heavy atom. The number of fused-ring (bicyclic) bond motifs is 1. The molecule has 0 spiro atoms. The van der Waals surface area contributed by atoms with Gasteiger partial charge in [0.05, 0.1) is 10.0 Å². The van der Waals surface area contributed by atoms with Crippen LogP contribution in [0.3, 0.4) is 0 Å². The summed E-state index contributed by atoms with van der Waals surface area (Å²) in [6.07, 6.45) is 9.31. The molecule has 0 bridgehead atoms. The third-order valence-electron chi connectivity index (χ3n) is 6.05. The van der Waals surface area contributed by atoms with Gasteiger partial charge in [-0.15, -0.1) is 0 Å². The van der Waals surface area contributed by atoms with Crippen molar-refractivity contribution in [3.05, 3.63) is 75.8 Å². The second-order valence-electron chi connectivity index (χ2n) is 8.22. The zero-order valence-corrected chi connectivity index (χ0v) is 18.8. The molecule has 3 aromatic rings. The molecule has 3 aromatic carbocycles. The van der Waals surface area contributed by atoms with Gasteiger partial charge in [-0.3, -0.25) is 0 Å². The van der Waals surface area contributed by atoms with Gasteiger partial charge < -0.3 is 10.1 Å². The summed E-state index contributed by atoms with van der Waals surface area (Å²) in [4.78, 5) is 0. The van der Waals surface area contributed by atoms with Gasteiger partial charge in [0.15, 0.2) is 0 Å². The van der Waals surface area contributed by atoms with E-state index in [2.05, 4.69) is 41.7 Å². The molecular formula is C26H29Cl2NO. The number of ether oxygens (including phenoxy) is 1. The first-order valence-corrected chi connectivity index (χ1v) is 11.8. The van der Waals surface area contributed by atoms with Gasteiger partial charge in [0.2, 0.25) is 0 Å². The molecule has 0 amide bonds. The van der Waals surface area contributed by atoms with Crippen molar-refractivity contribution in [2.24, 2.45) is 0 Å². The largest absolute Gasteiger partial charge is 0.489 e. The van der Waals surface area contributed by atoms with E-state index >= 15 is 0 Å². The quantitative estimate of drug-likeness (QED) is 0.419. The molecule has 0 radical (unpaired) electrons. The number of hydrogen-bond donors (Lipinski definition) is 1. The van der Waals surface area contributed by atoms with E-state index < -0.39 is 0 Å². The maximum absolute atomic E-state index is 6.27. The Morgan fingerprint density at radius 2 is 1.60 bits per heavy atom. The molecular weight excluding hydrogens is 413 g/mol. The molecule has 1 N–H and O–H groups in total. The third-order valence-corrected chi connectivity index (χ3v) is 6.79. The fourth-order valence-corrected chi connectivity index (χ4v) is 4.65. The average Bonchev–Trinajstić information content (AvgIpc) is 2.74. The minimum Gasteiger partial charge on any atom is -0.489 e. The van der Waals surface area contributed by atoms with Crippen molar-refractivity contribution in [1.82, 2.24) is 5.32 Å². The van der Waals surface area contributed by atoms with E-state index in [-0.39, 0.29) is 0 Å². The maximum Gasteiger partial charge on any atom is 0.124 e. The van der Waals surface area contributed by atoms with Crippen LogP contribution in [0.2, 0.25) is 10.0 Å². The van der Waals surface area contributed by atoms with E-state index in [0.29, 0.717) is 22.7 Å². The van der Waals surface area contributed by atoms with E-state index in [1.54, 1.807) is 0 Å². The molecule has 0 saturated heterocycles. The summed E-state index contributed by atoms with van der Waals surface area (Å²) < 4.78 is 6.27. The van der Waals surface area contributed by atoms with Crippen LogP contribution in [-0.4, -0.2) is 6.04 Å². The van der Waals surface area contributed by atoms with Gasteiger partial charge in [-0.25, -0.2) is 0 Å². The van der Waals surface area contributed by atoms with Crippen molar-refractivity contribution in [1.29, 1.82) is 0 Å².